The van der Waals surface area contributed by atoms with Gasteiger partial charge in [-0.05, 0) is 107 Å². The molecule has 3 unspecified atom stereocenters. The molecule has 15 nitrogen and oxygen atoms in total. The van der Waals surface area contributed by atoms with Crippen LogP contribution in [0, 0.1) is 17.8 Å². The molecule has 2 saturated heterocycles. The van der Waals surface area contributed by atoms with E-state index in [0.29, 0.717) is 57.4 Å². The Morgan fingerprint density at radius 2 is 1.57 bits per heavy atom. The van der Waals surface area contributed by atoms with Crippen LogP contribution in [0.25, 0.3) is 10.4 Å². The van der Waals surface area contributed by atoms with Gasteiger partial charge >= 0.3 is 12.1 Å². The van der Waals surface area contributed by atoms with Crippen molar-refractivity contribution in [1.29, 1.82) is 0 Å². The largest absolute Gasteiger partial charge is 0.456 e. The standard InChI is InChI=1S/C54H85N5O10Si/c1-16-45(69-70(51(6,7)8,40-25-19-17-20-26-40)41-27-21-18-22-28-41)54(12)47(59(50(62)68-54)32-24-23-31-56-57-55)43(60)30-29-36(2)35-53(11,63-15)48(39(5)44-34-46(61)67-52(9,10)66-44)65-49-38(4)42(58(13)14)33-37(3)64-49/h17-22,25-28,34,36-39,42-43,45,47-49,60H,16,23-24,29-33,35H2,1-15H3/t36-,37?,38?,39-,42?,43-,45+,47+,48+,49-,53+,54+/m0/s1. The molecule has 0 aromatic heterocycles. The number of benzene rings is 2. The molecule has 0 radical (unpaired) electrons. The molecule has 2 aromatic carbocycles. The quantitative estimate of drug-likeness (QED) is 0.0265. The number of nitrogens with zero attached hydrogens (tertiary/aromatic N) is 5. The third-order valence-corrected chi connectivity index (χ3v) is 20.2. The van der Waals surface area contributed by atoms with Crippen molar-refractivity contribution >= 4 is 30.8 Å². The second-order valence-corrected chi connectivity index (χ2v) is 26.5. The van der Waals surface area contributed by atoms with Crippen LogP contribution in [-0.2, 0) is 37.6 Å². The highest BCUT2D eigenvalue weighted by molar-refractivity contribution is 6.99. The molecule has 5 rings (SSSR count). The monoisotopic (exact) mass is 992 g/mol. The van der Waals surface area contributed by atoms with Gasteiger partial charge in [0.1, 0.15) is 11.8 Å². The minimum absolute atomic E-state index is 0.0115. The molecule has 3 aliphatic rings. The molecule has 1 amide bonds. The van der Waals surface area contributed by atoms with Crippen LogP contribution in [0.1, 0.15) is 128 Å². The van der Waals surface area contributed by atoms with Gasteiger partial charge in [0.15, 0.2) is 11.9 Å². The maximum absolute atomic E-state index is 14.3. The number of rotatable bonds is 24. The lowest BCUT2D eigenvalue weighted by Crippen LogP contribution is -2.70. The molecule has 390 valence electrons. The van der Waals surface area contributed by atoms with Crippen molar-refractivity contribution in [1.82, 2.24) is 9.80 Å². The number of methoxy groups -OCH3 is 1. The van der Waals surface area contributed by atoms with E-state index < -0.39 is 73.9 Å². The summed E-state index contributed by atoms with van der Waals surface area (Å²) in [6.07, 6.45) is 1.88. The number of cyclic esters (lactones) is 2. The summed E-state index contributed by atoms with van der Waals surface area (Å²) in [6, 6.07) is 20.2. The number of aliphatic hydroxyl groups excluding tert-OH is 1. The zero-order valence-corrected chi connectivity index (χ0v) is 45.8. The lowest BCUT2D eigenvalue weighted by Gasteiger charge is -2.49. The fourth-order valence-corrected chi connectivity index (χ4v) is 16.4. The van der Waals surface area contributed by atoms with E-state index in [-0.39, 0.29) is 29.0 Å². The molecule has 3 aliphatic heterocycles. The van der Waals surface area contributed by atoms with E-state index in [1.165, 1.54) is 6.08 Å². The topological polar surface area (TPSA) is 174 Å². The minimum Gasteiger partial charge on any atom is -0.456 e. The van der Waals surface area contributed by atoms with Crippen LogP contribution in [0.2, 0.25) is 5.04 Å². The second-order valence-electron chi connectivity index (χ2n) is 22.3. The van der Waals surface area contributed by atoms with E-state index in [1.54, 1.807) is 25.9 Å². The molecule has 0 saturated carbocycles. The van der Waals surface area contributed by atoms with E-state index in [4.69, 9.17) is 38.4 Å². The highest BCUT2D eigenvalue weighted by Crippen LogP contribution is 2.45. The average molecular weight is 992 g/mol. The number of ether oxygens (including phenoxy) is 6. The number of carbonyl (C=O) groups is 2. The van der Waals surface area contributed by atoms with Crippen LogP contribution >= 0.6 is 0 Å². The summed E-state index contributed by atoms with van der Waals surface area (Å²) in [5.74, 6) is -1.71. The average Bonchev–Trinajstić information content (AvgIpc) is 3.56. The Morgan fingerprint density at radius 3 is 2.10 bits per heavy atom. The number of esters is 1. The first-order valence-electron chi connectivity index (χ1n) is 25.5. The summed E-state index contributed by atoms with van der Waals surface area (Å²) in [6.45, 7) is 25.0. The SMILES string of the molecule is CC[C@@H](O[Si](c1ccccc1)(c1ccccc1)C(C)(C)C)[C@@]1(C)OC(=O)N(CCCCN=[N+]=[N-])[C@@H]1[C@@H](O)CC[C@H](C)C[C@@](C)(OC)[C@H](O[C@@H]1OC(C)CC(N(C)C)C1C)[C@@H](C)C1=CC(=O)OC(C)(C)O1. The summed E-state index contributed by atoms with van der Waals surface area (Å²) in [7, 11) is 2.68. The molecule has 12 atom stereocenters. The van der Waals surface area contributed by atoms with E-state index >= 15 is 0 Å². The number of hydrogen-bond donors (Lipinski definition) is 1. The smallest absolute Gasteiger partial charge is 0.410 e. The highest BCUT2D eigenvalue weighted by atomic mass is 28.4. The van der Waals surface area contributed by atoms with E-state index in [0.717, 1.165) is 16.8 Å². The zero-order chi connectivity index (χ0) is 51.8. The molecule has 2 fully saturated rings. The Labute approximate surface area is 419 Å². The van der Waals surface area contributed by atoms with Crippen molar-refractivity contribution in [2.75, 3.05) is 34.3 Å². The molecule has 0 bridgehead atoms. The molecule has 1 N–H and O–H groups in total. The normalized spacial score (nSPS) is 27.0. The maximum Gasteiger partial charge on any atom is 0.410 e. The Balaban J connectivity index is 1.48. The van der Waals surface area contributed by atoms with Gasteiger partial charge in [0.25, 0.3) is 8.32 Å². The molecular weight excluding hydrogens is 907 g/mol. The molecule has 0 aliphatic carbocycles. The summed E-state index contributed by atoms with van der Waals surface area (Å²) >= 11 is 0. The van der Waals surface area contributed by atoms with Gasteiger partial charge in [-0.25, -0.2) is 9.59 Å². The maximum atomic E-state index is 14.3. The van der Waals surface area contributed by atoms with Crippen molar-refractivity contribution in [3.63, 3.8) is 0 Å². The van der Waals surface area contributed by atoms with Gasteiger partial charge in [-0.3, -0.25) is 4.90 Å². The van der Waals surface area contributed by atoms with Crippen LogP contribution in [0.4, 0.5) is 4.79 Å². The minimum atomic E-state index is -3.16. The van der Waals surface area contributed by atoms with Gasteiger partial charge < -0.3 is 42.9 Å². The molecule has 3 heterocycles. The summed E-state index contributed by atoms with van der Waals surface area (Å²) in [5.41, 5.74) is 6.75. The summed E-state index contributed by atoms with van der Waals surface area (Å²) in [5, 5.41) is 18.3. The van der Waals surface area contributed by atoms with Crippen LogP contribution in [0.3, 0.4) is 0 Å². The number of aliphatic hydroxyl groups is 1. The number of unbranched alkanes of at least 4 members (excludes halogenated alkanes) is 1. The van der Waals surface area contributed by atoms with Gasteiger partial charge in [0.05, 0.1) is 36.1 Å². The lowest BCUT2D eigenvalue weighted by molar-refractivity contribution is -0.285. The number of carbonyl (C=O) groups excluding carboxylic acids is 2. The van der Waals surface area contributed by atoms with Crippen LogP contribution in [-0.4, -0.2) is 129 Å². The molecule has 70 heavy (non-hydrogen) atoms. The fraction of sp³-hybridized carbons (Fsp3) is 0.704. The Morgan fingerprint density at radius 1 is 0.957 bits per heavy atom. The number of hydrogen-bond acceptors (Lipinski definition) is 12. The second kappa shape index (κ2) is 23.7. The van der Waals surface area contributed by atoms with Gasteiger partial charge in [-0.15, -0.1) is 0 Å². The third kappa shape index (κ3) is 12.8. The van der Waals surface area contributed by atoms with Gasteiger partial charge in [-0.1, -0.05) is 114 Å². The Hall–Kier alpha value is -3.99. The van der Waals surface area contributed by atoms with E-state index in [9.17, 15) is 14.7 Å². The Kier molecular flexibility index (Phi) is 19.3. The van der Waals surface area contributed by atoms with Gasteiger partial charge in [-0.2, -0.15) is 0 Å². The van der Waals surface area contributed by atoms with Gasteiger partial charge in [0, 0.05) is 56.8 Å². The van der Waals surface area contributed by atoms with Crippen molar-refractivity contribution in [2.45, 2.75) is 193 Å². The zero-order valence-electron chi connectivity index (χ0n) is 44.8. The molecule has 0 spiro atoms. The third-order valence-electron chi connectivity index (χ3n) is 15.1. The first-order chi connectivity index (χ1) is 32.9. The van der Waals surface area contributed by atoms with Crippen molar-refractivity contribution < 1.29 is 47.5 Å². The molecule has 16 heteroatoms. The van der Waals surface area contributed by atoms with Crippen molar-refractivity contribution in [3.8, 4) is 0 Å². The predicted molar refractivity (Wildman–Crippen MR) is 275 cm³/mol. The highest BCUT2D eigenvalue weighted by Gasteiger charge is 2.61. The number of amides is 1. The number of azide groups is 1. The molecule has 2 aromatic rings. The Bertz CT molecular complexity index is 2060. The van der Waals surface area contributed by atoms with E-state index in [1.807, 2.05) is 57.2 Å². The lowest BCUT2D eigenvalue weighted by atomic mass is 9.78. The van der Waals surface area contributed by atoms with Gasteiger partial charge in [0.2, 0.25) is 5.79 Å². The van der Waals surface area contributed by atoms with Crippen LogP contribution in [0.15, 0.2) is 77.6 Å². The van der Waals surface area contributed by atoms with Crippen LogP contribution in [0.5, 0.6) is 0 Å². The molecular formula is C54H85N5O10Si. The summed E-state index contributed by atoms with van der Waals surface area (Å²) < 4.78 is 46.2. The van der Waals surface area contributed by atoms with Crippen molar-refractivity contribution in [3.05, 3.63) is 82.9 Å². The first-order valence-corrected chi connectivity index (χ1v) is 27.4. The fourth-order valence-electron chi connectivity index (χ4n) is 11.6. The van der Waals surface area contributed by atoms with Crippen molar-refractivity contribution in [2.24, 2.45) is 22.9 Å². The predicted octanol–water partition coefficient (Wildman–Crippen LogP) is 9.50. The van der Waals surface area contributed by atoms with Crippen LogP contribution < -0.4 is 10.4 Å². The van der Waals surface area contributed by atoms with E-state index in [2.05, 4.69) is 102 Å². The summed E-state index contributed by atoms with van der Waals surface area (Å²) in [4.78, 5) is 34.0. The first kappa shape index (κ1) is 56.9.